The van der Waals surface area contributed by atoms with Crippen LogP contribution in [0.1, 0.15) is 16.2 Å². The van der Waals surface area contributed by atoms with Crippen molar-refractivity contribution in [2.75, 3.05) is 7.05 Å². The van der Waals surface area contributed by atoms with Crippen molar-refractivity contribution in [3.8, 4) is 17.1 Å². The highest BCUT2D eigenvalue weighted by Gasteiger charge is 2.19. The third-order valence-electron chi connectivity index (χ3n) is 3.65. The van der Waals surface area contributed by atoms with Gasteiger partial charge >= 0.3 is 0 Å². The molecule has 1 aromatic heterocycles. The summed E-state index contributed by atoms with van der Waals surface area (Å²) in [6, 6.07) is 10.2. The Morgan fingerprint density at radius 3 is 2.38 bits per heavy atom. The van der Waals surface area contributed by atoms with Crippen molar-refractivity contribution >= 4 is 40.7 Å². The number of hydrogen-bond acceptors (Lipinski definition) is 4. The van der Waals surface area contributed by atoms with E-state index in [0.29, 0.717) is 23.0 Å². The summed E-state index contributed by atoms with van der Waals surface area (Å²) < 4.78 is 0. The lowest BCUT2D eigenvalue weighted by atomic mass is 10.2. The van der Waals surface area contributed by atoms with Gasteiger partial charge in [-0.3, -0.25) is 9.89 Å². The molecule has 26 heavy (non-hydrogen) atoms. The largest absolute Gasteiger partial charge is 0.505 e. The summed E-state index contributed by atoms with van der Waals surface area (Å²) in [7, 11) is 1.65. The molecule has 0 fully saturated rings. The molecular weight excluding hydrogens is 399 g/mol. The molecule has 0 aliphatic rings. The van der Waals surface area contributed by atoms with Gasteiger partial charge < -0.3 is 10.0 Å². The summed E-state index contributed by atoms with van der Waals surface area (Å²) in [4.78, 5) is 18.2. The van der Waals surface area contributed by atoms with Crippen LogP contribution in [0, 0.1) is 0 Å². The molecule has 0 aliphatic carbocycles. The number of aromatic amines is 1. The van der Waals surface area contributed by atoms with Crippen molar-refractivity contribution in [2.45, 2.75) is 6.54 Å². The minimum atomic E-state index is -0.349. The second-order valence-corrected chi connectivity index (χ2v) is 6.83. The lowest BCUT2D eigenvalue weighted by Crippen LogP contribution is -2.27. The van der Waals surface area contributed by atoms with Crippen LogP contribution < -0.4 is 0 Å². The Kier molecular flexibility index (Phi) is 5.36. The van der Waals surface area contributed by atoms with E-state index in [1.54, 1.807) is 19.2 Å². The third-order valence-corrected chi connectivity index (χ3v) is 4.47. The van der Waals surface area contributed by atoms with Crippen LogP contribution in [-0.4, -0.2) is 38.1 Å². The van der Waals surface area contributed by atoms with Gasteiger partial charge in [0.05, 0.1) is 10.0 Å². The van der Waals surface area contributed by atoms with Gasteiger partial charge in [0.25, 0.3) is 5.91 Å². The molecule has 1 amide bonds. The number of benzene rings is 2. The first-order chi connectivity index (χ1) is 12.3. The van der Waals surface area contributed by atoms with E-state index in [0.717, 1.165) is 5.56 Å². The molecule has 0 radical (unpaired) electrons. The third kappa shape index (κ3) is 3.93. The molecule has 0 unspecified atom stereocenters. The maximum absolute atomic E-state index is 12.5. The Morgan fingerprint density at radius 2 is 1.77 bits per heavy atom. The van der Waals surface area contributed by atoms with Crippen molar-refractivity contribution < 1.29 is 9.90 Å². The summed E-state index contributed by atoms with van der Waals surface area (Å²) in [5.74, 6) is -0.233. The molecule has 9 heteroatoms. The van der Waals surface area contributed by atoms with Crippen molar-refractivity contribution in [1.29, 1.82) is 0 Å². The minimum absolute atomic E-state index is 0.0109. The van der Waals surface area contributed by atoms with E-state index in [4.69, 9.17) is 34.8 Å². The first-order valence-electron chi connectivity index (χ1n) is 7.46. The van der Waals surface area contributed by atoms with Gasteiger partial charge in [0.15, 0.2) is 11.6 Å². The van der Waals surface area contributed by atoms with Crippen LogP contribution in [0.3, 0.4) is 0 Å². The number of phenols is 1. The number of nitrogens with zero attached hydrogens (tertiary/aromatic N) is 3. The maximum atomic E-state index is 12.5. The van der Waals surface area contributed by atoms with E-state index in [1.165, 1.54) is 17.0 Å². The summed E-state index contributed by atoms with van der Waals surface area (Å²) in [5.41, 5.74) is 1.43. The van der Waals surface area contributed by atoms with Crippen molar-refractivity contribution in [1.82, 2.24) is 20.1 Å². The van der Waals surface area contributed by atoms with Crippen LogP contribution in [0.5, 0.6) is 5.75 Å². The van der Waals surface area contributed by atoms with Gasteiger partial charge in [0, 0.05) is 24.2 Å². The highest BCUT2D eigenvalue weighted by Crippen LogP contribution is 2.35. The summed E-state index contributed by atoms with van der Waals surface area (Å²) in [6.45, 7) is 0.386. The SMILES string of the molecule is CN(Cc1ccc(Cl)cc1)C(=O)c1n[nH]c(-c2cc(Cl)c(O)c(Cl)c2)n1. The van der Waals surface area contributed by atoms with E-state index >= 15 is 0 Å². The second-order valence-electron chi connectivity index (χ2n) is 5.58. The molecule has 0 saturated carbocycles. The summed E-state index contributed by atoms with van der Waals surface area (Å²) >= 11 is 17.7. The highest BCUT2D eigenvalue weighted by atomic mass is 35.5. The normalized spacial score (nSPS) is 10.8. The molecule has 1 heterocycles. The lowest BCUT2D eigenvalue weighted by Gasteiger charge is -2.15. The summed E-state index contributed by atoms with van der Waals surface area (Å²) in [6.07, 6.45) is 0. The molecule has 3 aromatic rings. The molecule has 6 nitrogen and oxygen atoms in total. The predicted molar refractivity (Wildman–Crippen MR) is 101 cm³/mol. The van der Waals surface area contributed by atoms with Crippen LogP contribution in [0.15, 0.2) is 36.4 Å². The monoisotopic (exact) mass is 410 g/mol. The first-order valence-corrected chi connectivity index (χ1v) is 8.59. The van der Waals surface area contributed by atoms with Gasteiger partial charge in [-0.05, 0) is 29.8 Å². The molecule has 3 rings (SSSR count). The number of H-pyrrole nitrogens is 1. The maximum Gasteiger partial charge on any atom is 0.293 e. The Hall–Kier alpha value is -2.28. The topological polar surface area (TPSA) is 82.1 Å². The van der Waals surface area contributed by atoms with Crippen LogP contribution in [0.25, 0.3) is 11.4 Å². The van der Waals surface area contributed by atoms with Gasteiger partial charge in [0.1, 0.15) is 0 Å². The van der Waals surface area contributed by atoms with Crippen LogP contribution in [-0.2, 0) is 6.54 Å². The van der Waals surface area contributed by atoms with Gasteiger partial charge in [-0.25, -0.2) is 4.98 Å². The predicted octanol–water partition coefficient (Wildman–Crippen LogP) is 4.41. The average Bonchev–Trinajstić information content (AvgIpc) is 3.10. The summed E-state index contributed by atoms with van der Waals surface area (Å²) in [5, 5.41) is 17.0. The fourth-order valence-electron chi connectivity index (χ4n) is 2.29. The van der Waals surface area contributed by atoms with Crippen LogP contribution in [0.4, 0.5) is 0 Å². The van der Waals surface area contributed by atoms with E-state index in [-0.39, 0.29) is 27.5 Å². The van der Waals surface area contributed by atoms with Gasteiger partial charge in [-0.15, -0.1) is 5.10 Å². The van der Waals surface area contributed by atoms with Gasteiger partial charge in [-0.1, -0.05) is 46.9 Å². The number of phenolic OH excluding ortho intramolecular Hbond substituents is 1. The Labute approximate surface area is 164 Å². The standard InChI is InChI=1S/C17H13Cl3N4O2/c1-24(8-9-2-4-11(18)5-3-9)17(26)16-21-15(22-23-16)10-6-12(19)14(25)13(20)7-10/h2-7,25H,8H2,1H3,(H,21,22,23). The zero-order chi connectivity index (χ0) is 18.8. The zero-order valence-corrected chi connectivity index (χ0v) is 15.8. The lowest BCUT2D eigenvalue weighted by molar-refractivity contribution is 0.0773. The quantitative estimate of drug-likeness (QED) is 0.666. The number of halogens is 3. The number of amides is 1. The number of aromatic nitrogens is 3. The van der Waals surface area contributed by atoms with Gasteiger partial charge in [-0.2, -0.15) is 0 Å². The number of carbonyl (C=O) groups excluding carboxylic acids is 1. The number of carbonyl (C=O) groups is 1. The van der Waals surface area contributed by atoms with Crippen molar-refractivity contribution in [3.63, 3.8) is 0 Å². The van der Waals surface area contributed by atoms with E-state index in [2.05, 4.69) is 15.2 Å². The van der Waals surface area contributed by atoms with Crippen LogP contribution >= 0.6 is 34.8 Å². The first kappa shape index (κ1) is 18.5. The number of hydrogen-bond donors (Lipinski definition) is 2. The minimum Gasteiger partial charge on any atom is -0.505 e. The number of rotatable bonds is 4. The molecule has 0 spiro atoms. The van der Waals surface area contributed by atoms with Crippen molar-refractivity contribution in [3.05, 3.63) is 62.9 Å². The number of aromatic hydroxyl groups is 1. The molecule has 0 saturated heterocycles. The Balaban J connectivity index is 1.78. The molecule has 134 valence electrons. The Morgan fingerprint density at radius 1 is 1.15 bits per heavy atom. The Bertz CT molecular complexity index is 934. The molecule has 0 atom stereocenters. The fourth-order valence-corrected chi connectivity index (χ4v) is 2.91. The second kappa shape index (κ2) is 7.53. The molecular formula is C17H13Cl3N4O2. The smallest absolute Gasteiger partial charge is 0.293 e. The van der Waals surface area contributed by atoms with E-state index in [1.807, 2.05) is 12.1 Å². The number of nitrogens with one attached hydrogen (secondary N) is 1. The zero-order valence-electron chi connectivity index (χ0n) is 13.5. The van der Waals surface area contributed by atoms with E-state index < -0.39 is 0 Å². The van der Waals surface area contributed by atoms with Gasteiger partial charge in [0.2, 0.25) is 5.82 Å². The molecule has 2 aromatic carbocycles. The average molecular weight is 412 g/mol. The highest BCUT2D eigenvalue weighted by molar-refractivity contribution is 6.37. The van der Waals surface area contributed by atoms with Crippen molar-refractivity contribution in [2.24, 2.45) is 0 Å². The fraction of sp³-hybridized carbons (Fsp3) is 0.118. The molecule has 0 aliphatic heterocycles. The van der Waals surface area contributed by atoms with Crippen LogP contribution in [0.2, 0.25) is 15.1 Å². The van der Waals surface area contributed by atoms with E-state index in [9.17, 15) is 9.90 Å². The molecule has 2 N–H and O–H groups in total. The molecule has 0 bridgehead atoms.